The van der Waals surface area contributed by atoms with Gasteiger partial charge in [0.05, 0.1) is 0 Å². The van der Waals surface area contributed by atoms with Crippen molar-refractivity contribution in [1.29, 1.82) is 0 Å². The molecule has 0 fully saturated rings. The zero-order valence-corrected chi connectivity index (χ0v) is 51.0. The van der Waals surface area contributed by atoms with Crippen molar-refractivity contribution in [2.24, 2.45) is 11.8 Å². The highest BCUT2D eigenvalue weighted by atomic mass is 16.6. The van der Waals surface area contributed by atoms with Gasteiger partial charge in [-0.1, -0.05) is 349 Å². The third-order valence-corrected chi connectivity index (χ3v) is 15.7. The highest BCUT2D eigenvalue weighted by Gasteiger charge is 2.19. The average Bonchev–Trinajstić information content (AvgIpc) is 3.38. The lowest BCUT2D eigenvalue weighted by atomic mass is 10.0. The smallest absolute Gasteiger partial charge is 0.306 e. The molecule has 74 heavy (non-hydrogen) atoms. The summed E-state index contributed by atoms with van der Waals surface area (Å²) in [6.07, 6.45) is 68.3. The van der Waals surface area contributed by atoms with Crippen molar-refractivity contribution in [2.45, 2.75) is 394 Å². The molecule has 6 nitrogen and oxygen atoms in total. The van der Waals surface area contributed by atoms with E-state index in [1.165, 1.54) is 276 Å². The molecule has 0 heterocycles. The van der Waals surface area contributed by atoms with E-state index in [1.54, 1.807) is 0 Å². The van der Waals surface area contributed by atoms with Crippen molar-refractivity contribution in [1.82, 2.24) is 0 Å². The molecule has 0 bridgehead atoms. The van der Waals surface area contributed by atoms with E-state index in [1.807, 2.05) is 0 Å². The maximum absolute atomic E-state index is 12.9. The van der Waals surface area contributed by atoms with E-state index in [-0.39, 0.29) is 31.1 Å². The summed E-state index contributed by atoms with van der Waals surface area (Å²) in [5, 5.41) is 0. The van der Waals surface area contributed by atoms with Crippen LogP contribution in [0, 0.1) is 11.8 Å². The van der Waals surface area contributed by atoms with Crippen LogP contribution in [0.1, 0.15) is 388 Å². The predicted molar refractivity (Wildman–Crippen MR) is 321 cm³/mol. The van der Waals surface area contributed by atoms with Crippen molar-refractivity contribution in [3.05, 3.63) is 0 Å². The summed E-state index contributed by atoms with van der Waals surface area (Å²) < 4.78 is 17.0. The Labute approximate surface area is 463 Å². The average molecular weight is 1050 g/mol. The number of hydrogen-bond donors (Lipinski definition) is 0. The highest BCUT2D eigenvalue weighted by molar-refractivity contribution is 5.71. The van der Waals surface area contributed by atoms with Gasteiger partial charge < -0.3 is 14.2 Å². The van der Waals surface area contributed by atoms with Gasteiger partial charge in [0.25, 0.3) is 0 Å². The molecule has 0 aromatic rings. The van der Waals surface area contributed by atoms with Gasteiger partial charge in [-0.25, -0.2) is 0 Å². The first-order chi connectivity index (χ1) is 36.2. The number of rotatable bonds is 62. The van der Waals surface area contributed by atoms with Gasteiger partial charge in [0.2, 0.25) is 0 Å². The molecule has 0 aliphatic rings. The molecule has 0 saturated carbocycles. The van der Waals surface area contributed by atoms with Crippen LogP contribution in [-0.2, 0) is 28.6 Å². The molecule has 0 aromatic heterocycles. The second kappa shape index (κ2) is 60.6. The minimum Gasteiger partial charge on any atom is -0.462 e. The van der Waals surface area contributed by atoms with E-state index in [4.69, 9.17) is 14.2 Å². The first-order valence-electron chi connectivity index (χ1n) is 33.7. The summed E-state index contributed by atoms with van der Waals surface area (Å²) in [4.78, 5) is 38.4. The van der Waals surface area contributed by atoms with Crippen LogP contribution in [0.4, 0.5) is 0 Å². The van der Waals surface area contributed by atoms with Crippen molar-refractivity contribution < 1.29 is 28.6 Å². The van der Waals surface area contributed by atoms with E-state index in [2.05, 4.69) is 34.6 Å². The van der Waals surface area contributed by atoms with Crippen LogP contribution in [-0.4, -0.2) is 37.2 Å². The Morgan fingerprint density at radius 2 is 0.446 bits per heavy atom. The fourth-order valence-corrected chi connectivity index (χ4v) is 10.6. The van der Waals surface area contributed by atoms with Gasteiger partial charge in [-0.05, 0) is 31.1 Å². The third kappa shape index (κ3) is 61.3. The van der Waals surface area contributed by atoms with Gasteiger partial charge in [0.1, 0.15) is 13.2 Å². The van der Waals surface area contributed by atoms with Crippen LogP contribution in [0.5, 0.6) is 0 Å². The third-order valence-electron chi connectivity index (χ3n) is 15.7. The minimum atomic E-state index is -0.764. The Hall–Kier alpha value is -1.59. The molecule has 0 spiro atoms. The zero-order valence-electron chi connectivity index (χ0n) is 51.0. The van der Waals surface area contributed by atoms with E-state index in [9.17, 15) is 14.4 Å². The molecule has 0 N–H and O–H groups in total. The maximum atomic E-state index is 12.9. The Morgan fingerprint density at radius 3 is 0.662 bits per heavy atom. The largest absolute Gasteiger partial charge is 0.462 e. The zero-order chi connectivity index (χ0) is 53.9. The van der Waals surface area contributed by atoms with Gasteiger partial charge in [-0.15, -0.1) is 0 Å². The Balaban J connectivity index is 4.25. The van der Waals surface area contributed by atoms with E-state index in [0.29, 0.717) is 19.3 Å². The molecular weight excluding hydrogens is 913 g/mol. The van der Waals surface area contributed by atoms with Gasteiger partial charge in [-0.3, -0.25) is 14.4 Å². The minimum absolute atomic E-state index is 0.0613. The normalized spacial score (nSPS) is 12.0. The van der Waals surface area contributed by atoms with Gasteiger partial charge in [-0.2, -0.15) is 0 Å². The fourth-order valence-electron chi connectivity index (χ4n) is 10.6. The van der Waals surface area contributed by atoms with Crippen molar-refractivity contribution in [3.63, 3.8) is 0 Å². The van der Waals surface area contributed by atoms with Gasteiger partial charge in [0.15, 0.2) is 6.10 Å². The second-order valence-electron chi connectivity index (χ2n) is 24.4. The van der Waals surface area contributed by atoms with Crippen molar-refractivity contribution >= 4 is 17.9 Å². The van der Waals surface area contributed by atoms with Crippen molar-refractivity contribution in [3.8, 4) is 0 Å². The molecular formula is C68H132O6. The fraction of sp³-hybridized carbons (Fsp3) is 0.956. The van der Waals surface area contributed by atoms with Gasteiger partial charge in [0, 0.05) is 19.3 Å². The molecule has 0 aromatic carbocycles. The molecule has 0 rings (SSSR count). The lowest BCUT2D eigenvalue weighted by Crippen LogP contribution is -2.30. The molecule has 0 amide bonds. The van der Waals surface area contributed by atoms with Crippen LogP contribution < -0.4 is 0 Å². The van der Waals surface area contributed by atoms with Crippen molar-refractivity contribution in [2.75, 3.05) is 13.2 Å². The van der Waals surface area contributed by atoms with E-state index >= 15 is 0 Å². The molecule has 0 aliphatic heterocycles. The first kappa shape index (κ1) is 72.4. The number of esters is 3. The molecule has 1 atom stereocenters. The quantitative estimate of drug-likeness (QED) is 0.0343. The maximum Gasteiger partial charge on any atom is 0.306 e. The number of ether oxygens (including phenoxy) is 3. The number of carbonyl (C=O) groups is 3. The first-order valence-corrected chi connectivity index (χ1v) is 33.7. The van der Waals surface area contributed by atoms with Crippen LogP contribution in [0.2, 0.25) is 0 Å². The molecule has 6 heteroatoms. The topological polar surface area (TPSA) is 78.9 Å². The summed E-state index contributed by atoms with van der Waals surface area (Å²) in [6, 6.07) is 0. The summed E-state index contributed by atoms with van der Waals surface area (Å²) in [5.74, 6) is 0.891. The summed E-state index contributed by atoms with van der Waals surface area (Å²) in [5.41, 5.74) is 0. The molecule has 0 aliphatic carbocycles. The van der Waals surface area contributed by atoms with Crippen LogP contribution in [0.25, 0.3) is 0 Å². The Bertz CT molecular complexity index is 1140. The molecule has 440 valence electrons. The Morgan fingerprint density at radius 1 is 0.257 bits per heavy atom. The van der Waals surface area contributed by atoms with E-state index < -0.39 is 6.10 Å². The number of hydrogen-bond acceptors (Lipinski definition) is 6. The van der Waals surface area contributed by atoms with Crippen LogP contribution in [0.3, 0.4) is 0 Å². The molecule has 0 unspecified atom stereocenters. The second-order valence-corrected chi connectivity index (χ2v) is 24.4. The molecule has 0 saturated heterocycles. The van der Waals surface area contributed by atoms with Crippen LogP contribution in [0.15, 0.2) is 0 Å². The lowest BCUT2D eigenvalue weighted by Gasteiger charge is -2.18. The predicted octanol–water partition coefficient (Wildman–Crippen LogP) is 22.8. The lowest BCUT2D eigenvalue weighted by molar-refractivity contribution is -0.167. The highest BCUT2D eigenvalue weighted by Crippen LogP contribution is 2.19. The standard InChI is InChI=1S/C68H132O6/c1-6-7-8-9-10-11-12-13-28-33-38-43-48-53-58-66(69)72-61-65(74-68(71)60-55-50-45-40-35-30-25-21-17-15-19-23-27-32-37-42-47-52-57-64(4)5)62-73-67(70)59-54-49-44-39-34-29-24-20-16-14-18-22-26-31-36-41-46-51-56-63(2)3/h63-65H,6-62H2,1-5H3/t65-/m0/s1. The monoisotopic (exact) mass is 1050 g/mol. The summed E-state index contributed by atoms with van der Waals surface area (Å²) >= 11 is 0. The summed E-state index contributed by atoms with van der Waals surface area (Å²) in [7, 11) is 0. The van der Waals surface area contributed by atoms with E-state index in [0.717, 1.165) is 69.6 Å². The number of unbranched alkanes of at least 4 members (excludes halogenated alkanes) is 47. The SMILES string of the molecule is CCCCCCCCCCCCCCCCC(=O)OC[C@@H](COC(=O)CCCCCCCCCCCCCCCCCCCCC(C)C)OC(=O)CCCCCCCCCCCCCCCCCCCCC(C)C. The number of carbonyl (C=O) groups excluding carboxylic acids is 3. The molecule has 0 radical (unpaired) electrons. The summed E-state index contributed by atoms with van der Waals surface area (Å²) in [6.45, 7) is 11.5. The van der Waals surface area contributed by atoms with Gasteiger partial charge >= 0.3 is 17.9 Å². The Kier molecular flexibility index (Phi) is 59.3. The van der Waals surface area contributed by atoms with Crippen LogP contribution >= 0.6 is 0 Å².